The van der Waals surface area contributed by atoms with Gasteiger partial charge in [-0.1, -0.05) is 6.07 Å². The summed E-state index contributed by atoms with van der Waals surface area (Å²) in [4.78, 5) is 41.1. The summed E-state index contributed by atoms with van der Waals surface area (Å²) >= 11 is 3.47. The first-order chi connectivity index (χ1) is 19.0. The van der Waals surface area contributed by atoms with Gasteiger partial charge in [0, 0.05) is 74.1 Å². The van der Waals surface area contributed by atoms with Crippen molar-refractivity contribution in [2.75, 3.05) is 50.7 Å². The molecule has 1 N–H and O–H groups in total. The Balaban J connectivity index is 0.969. The van der Waals surface area contributed by atoms with Gasteiger partial charge in [0.1, 0.15) is 10.4 Å². The van der Waals surface area contributed by atoms with Gasteiger partial charge in [-0.25, -0.2) is 9.97 Å². The molecule has 2 aliphatic heterocycles. The molecule has 9 nitrogen and oxygen atoms in total. The van der Waals surface area contributed by atoms with E-state index in [0.29, 0.717) is 38.4 Å². The van der Waals surface area contributed by atoms with Crippen molar-refractivity contribution in [3.05, 3.63) is 71.1 Å². The van der Waals surface area contributed by atoms with Gasteiger partial charge in [-0.05, 0) is 76.9 Å². The number of rotatable bonds is 7. The number of aromatic amines is 1. The first-order valence-electron chi connectivity index (χ1n) is 13.3. The molecule has 2 aliphatic rings. The van der Waals surface area contributed by atoms with Crippen LogP contribution >= 0.6 is 15.9 Å². The Morgan fingerprint density at radius 3 is 2.51 bits per heavy atom. The summed E-state index contributed by atoms with van der Waals surface area (Å²) in [6, 6.07) is 16.0. The highest BCUT2D eigenvalue weighted by Crippen LogP contribution is 2.25. The van der Waals surface area contributed by atoms with E-state index in [1.54, 1.807) is 12.4 Å². The molecule has 1 amide bonds. The molecular formula is C29H30BrN7O2. The monoisotopic (exact) mass is 587 g/mol. The largest absolute Gasteiger partial charge is 0.368 e. The summed E-state index contributed by atoms with van der Waals surface area (Å²) in [5.74, 6) is 1.08. The fourth-order valence-electron chi connectivity index (χ4n) is 5.50. The second-order valence-corrected chi connectivity index (χ2v) is 11.0. The van der Waals surface area contributed by atoms with E-state index >= 15 is 0 Å². The maximum absolute atomic E-state index is 13.1. The molecule has 1 atom stereocenters. The van der Waals surface area contributed by atoms with Crippen LogP contribution in [0.4, 0.5) is 5.69 Å². The third kappa shape index (κ3) is 5.72. The van der Waals surface area contributed by atoms with Crippen LogP contribution < -0.4 is 4.90 Å². The molecule has 6 rings (SSSR count). The highest BCUT2D eigenvalue weighted by molar-refractivity contribution is 9.10. The Hall–Kier alpha value is -3.63. The first kappa shape index (κ1) is 25.6. The number of H-pyrrole nitrogens is 1. The number of piperazine rings is 1. The Kier molecular flexibility index (Phi) is 7.38. The number of halogens is 1. The molecule has 0 aliphatic carbocycles. The van der Waals surface area contributed by atoms with Crippen molar-refractivity contribution in [2.24, 2.45) is 5.92 Å². The summed E-state index contributed by atoms with van der Waals surface area (Å²) < 4.78 is 0.828. The number of hydrogen-bond donors (Lipinski definition) is 1. The minimum absolute atomic E-state index is 0.0256. The predicted molar refractivity (Wildman–Crippen MR) is 153 cm³/mol. The molecule has 0 spiro atoms. The number of carbonyl (C=O) groups is 2. The van der Waals surface area contributed by atoms with Crippen LogP contribution in [0.5, 0.6) is 0 Å². The lowest BCUT2D eigenvalue weighted by atomic mass is 9.97. The van der Waals surface area contributed by atoms with E-state index in [2.05, 4.69) is 58.0 Å². The van der Waals surface area contributed by atoms with E-state index in [0.717, 1.165) is 58.4 Å². The lowest BCUT2D eigenvalue weighted by Gasteiger charge is -2.36. The third-order valence-electron chi connectivity index (χ3n) is 7.73. The molecule has 4 aromatic rings. The highest BCUT2D eigenvalue weighted by Gasteiger charge is 2.31. The van der Waals surface area contributed by atoms with E-state index < -0.39 is 0 Å². The van der Waals surface area contributed by atoms with Crippen molar-refractivity contribution >= 4 is 44.2 Å². The lowest BCUT2D eigenvalue weighted by Crippen LogP contribution is -2.51. The van der Waals surface area contributed by atoms with Gasteiger partial charge in [0.05, 0.1) is 12.1 Å². The van der Waals surface area contributed by atoms with Gasteiger partial charge in [0.2, 0.25) is 5.91 Å². The molecule has 2 aromatic heterocycles. The number of benzene rings is 2. The van der Waals surface area contributed by atoms with Crippen LogP contribution in [0.15, 0.2) is 65.5 Å². The third-order valence-corrected chi connectivity index (χ3v) is 8.33. The number of anilines is 1. The lowest BCUT2D eigenvalue weighted by molar-refractivity contribution is -0.132. The maximum atomic E-state index is 13.1. The number of nitrogens with zero attached hydrogens (tertiary/aromatic N) is 6. The molecule has 0 bridgehead atoms. The molecule has 2 saturated heterocycles. The molecule has 0 radical (unpaired) electrons. The van der Waals surface area contributed by atoms with Crippen LogP contribution in [-0.4, -0.2) is 87.5 Å². The van der Waals surface area contributed by atoms with Crippen molar-refractivity contribution in [3.8, 4) is 11.4 Å². The zero-order valence-corrected chi connectivity index (χ0v) is 23.2. The fraction of sp³-hybridized carbons (Fsp3) is 0.345. The van der Waals surface area contributed by atoms with Gasteiger partial charge in [0.25, 0.3) is 0 Å². The van der Waals surface area contributed by atoms with Crippen LogP contribution in [0, 0.1) is 5.92 Å². The van der Waals surface area contributed by atoms with Crippen LogP contribution in [0.2, 0.25) is 0 Å². The molecule has 4 heterocycles. The second kappa shape index (κ2) is 11.2. The average Bonchev–Trinajstić information content (AvgIpc) is 3.60. The molecule has 2 fully saturated rings. The summed E-state index contributed by atoms with van der Waals surface area (Å²) in [5, 5.41) is 8.12. The van der Waals surface area contributed by atoms with E-state index in [-0.39, 0.29) is 17.6 Å². The van der Waals surface area contributed by atoms with Crippen molar-refractivity contribution in [3.63, 3.8) is 0 Å². The van der Waals surface area contributed by atoms with Gasteiger partial charge in [-0.3, -0.25) is 19.6 Å². The van der Waals surface area contributed by atoms with Gasteiger partial charge >= 0.3 is 0 Å². The zero-order chi connectivity index (χ0) is 26.8. The van der Waals surface area contributed by atoms with Crippen LogP contribution in [0.25, 0.3) is 22.3 Å². The number of hydrogen-bond acceptors (Lipinski definition) is 7. The predicted octanol–water partition coefficient (Wildman–Crippen LogP) is 3.56. The zero-order valence-electron chi connectivity index (χ0n) is 21.6. The SMILES string of the molecule is O=C(Cc1ccc2n[nH]c(Br)c2c1)[C@@H]1CCN(CC(=O)N2CCN(c3ccc(-c4ncccn4)cc3)CC2)C1. The Morgan fingerprint density at radius 2 is 1.74 bits per heavy atom. The Labute approximate surface area is 235 Å². The van der Waals surface area contributed by atoms with Gasteiger partial charge < -0.3 is 9.80 Å². The molecule has 10 heteroatoms. The Morgan fingerprint density at radius 1 is 0.974 bits per heavy atom. The van der Waals surface area contributed by atoms with E-state index in [4.69, 9.17) is 0 Å². The molecule has 200 valence electrons. The van der Waals surface area contributed by atoms with Crippen molar-refractivity contribution < 1.29 is 9.59 Å². The number of aromatic nitrogens is 4. The Bertz CT molecular complexity index is 1470. The maximum Gasteiger partial charge on any atom is 0.236 e. The number of Topliss-reactive ketones (excluding diaryl/α,β-unsaturated/α-hetero) is 1. The normalized spacial score (nSPS) is 18.1. The standard InChI is InChI=1S/C29H30BrN7O2/c30-28-24-16-20(2-7-25(24)33-34-28)17-26(38)22-8-11-35(18-22)19-27(39)37-14-12-36(13-15-37)23-5-3-21(4-6-23)29-31-9-1-10-32-29/h1-7,9-10,16,22H,8,11-15,17-19H2,(H,33,34)/t22-/m1/s1. The first-order valence-corrected chi connectivity index (χ1v) is 14.1. The average molecular weight is 589 g/mol. The van der Waals surface area contributed by atoms with Crippen molar-refractivity contribution in [2.45, 2.75) is 12.8 Å². The minimum atomic E-state index is -0.0256. The number of nitrogens with one attached hydrogen (secondary N) is 1. The van der Waals surface area contributed by atoms with E-state index in [9.17, 15) is 9.59 Å². The van der Waals surface area contributed by atoms with Crippen LogP contribution in [0.1, 0.15) is 12.0 Å². The van der Waals surface area contributed by atoms with E-state index in [1.807, 2.05) is 41.3 Å². The van der Waals surface area contributed by atoms with Crippen molar-refractivity contribution in [1.82, 2.24) is 30.0 Å². The van der Waals surface area contributed by atoms with Crippen LogP contribution in [0.3, 0.4) is 0 Å². The molecular weight excluding hydrogens is 558 g/mol. The summed E-state index contributed by atoms with van der Waals surface area (Å²) in [6.07, 6.45) is 4.70. The molecule has 0 saturated carbocycles. The number of carbonyl (C=O) groups excluding carboxylic acids is 2. The van der Waals surface area contributed by atoms with Gasteiger partial charge in [-0.15, -0.1) is 0 Å². The number of ketones is 1. The van der Waals surface area contributed by atoms with Crippen molar-refractivity contribution in [1.29, 1.82) is 0 Å². The minimum Gasteiger partial charge on any atom is -0.368 e. The van der Waals surface area contributed by atoms with Crippen LogP contribution in [-0.2, 0) is 16.0 Å². The molecule has 2 aromatic carbocycles. The van der Waals surface area contributed by atoms with E-state index in [1.165, 1.54) is 0 Å². The summed E-state index contributed by atoms with van der Waals surface area (Å²) in [7, 11) is 0. The molecule has 39 heavy (non-hydrogen) atoms. The quantitative estimate of drug-likeness (QED) is 0.353. The summed E-state index contributed by atoms with van der Waals surface area (Å²) in [6.45, 7) is 4.81. The number of likely N-dealkylation sites (tertiary alicyclic amines) is 1. The summed E-state index contributed by atoms with van der Waals surface area (Å²) in [5.41, 5.74) is 4.00. The number of fused-ring (bicyclic) bond motifs is 1. The number of amides is 1. The van der Waals surface area contributed by atoms with Gasteiger partial charge in [-0.2, -0.15) is 5.10 Å². The topological polar surface area (TPSA) is 98.3 Å². The fourth-order valence-corrected chi connectivity index (χ4v) is 5.90. The second-order valence-electron chi connectivity index (χ2n) is 10.2. The van der Waals surface area contributed by atoms with Gasteiger partial charge in [0.15, 0.2) is 5.82 Å². The molecule has 0 unspecified atom stereocenters. The highest BCUT2D eigenvalue weighted by atomic mass is 79.9. The smallest absolute Gasteiger partial charge is 0.236 e.